The normalized spacial score (nSPS) is 15.0. The lowest BCUT2D eigenvalue weighted by molar-refractivity contribution is -0.275. The quantitative estimate of drug-likeness (QED) is 0.819. The summed E-state index contributed by atoms with van der Waals surface area (Å²) in [4.78, 5) is 0. The van der Waals surface area contributed by atoms with Crippen LogP contribution in [-0.2, 0) is 0 Å². The highest BCUT2D eigenvalue weighted by Crippen LogP contribution is 2.37. The SMILES string of the molecule is Fc1cc(Cl)cc(-c2ccc(OC3CNC3)c(OC(F)(F)F)c2)c1. The molecule has 0 bridgehead atoms. The summed E-state index contributed by atoms with van der Waals surface area (Å²) in [7, 11) is 0. The average molecular weight is 362 g/mol. The lowest BCUT2D eigenvalue weighted by Gasteiger charge is -2.28. The Labute approximate surface area is 140 Å². The summed E-state index contributed by atoms with van der Waals surface area (Å²) in [6, 6.07) is 7.78. The van der Waals surface area contributed by atoms with Gasteiger partial charge in [0.05, 0.1) is 0 Å². The monoisotopic (exact) mass is 361 g/mol. The van der Waals surface area contributed by atoms with E-state index in [1.807, 2.05) is 0 Å². The van der Waals surface area contributed by atoms with Crippen LogP contribution in [0, 0.1) is 5.82 Å². The molecule has 0 spiro atoms. The zero-order chi connectivity index (χ0) is 17.3. The molecule has 1 N–H and O–H groups in total. The number of rotatable bonds is 4. The van der Waals surface area contributed by atoms with Crippen molar-refractivity contribution in [1.29, 1.82) is 0 Å². The number of alkyl halides is 3. The second-order valence-corrected chi connectivity index (χ2v) is 5.70. The third-order valence-corrected chi connectivity index (χ3v) is 3.62. The third-order valence-electron chi connectivity index (χ3n) is 3.40. The van der Waals surface area contributed by atoms with E-state index in [4.69, 9.17) is 16.3 Å². The summed E-state index contributed by atoms with van der Waals surface area (Å²) < 4.78 is 60.9. The van der Waals surface area contributed by atoms with Gasteiger partial charge in [-0.2, -0.15) is 0 Å². The molecule has 1 aliphatic rings. The molecule has 0 unspecified atom stereocenters. The van der Waals surface area contributed by atoms with Crippen LogP contribution in [0.2, 0.25) is 5.02 Å². The van der Waals surface area contributed by atoms with Gasteiger partial charge in [-0.05, 0) is 41.5 Å². The second kappa shape index (κ2) is 6.49. The molecule has 0 amide bonds. The van der Waals surface area contributed by atoms with Crippen LogP contribution in [0.5, 0.6) is 11.5 Å². The fourth-order valence-electron chi connectivity index (χ4n) is 2.24. The van der Waals surface area contributed by atoms with Gasteiger partial charge in [-0.1, -0.05) is 17.7 Å². The Morgan fingerprint density at radius 1 is 1.00 bits per heavy atom. The highest BCUT2D eigenvalue weighted by molar-refractivity contribution is 6.30. The topological polar surface area (TPSA) is 30.5 Å². The molecular formula is C16H12ClF4NO2. The molecule has 128 valence electrons. The minimum atomic E-state index is -4.87. The molecule has 2 aromatic rings. The van der Waals surface area contributed by atoms with Gasteiger partial charge in [0.15, 0.2) is 11.5 Å². The van der Waals surface area contributed by atoms with Crippen LogP contribution in [-0.4, -0.2) is 25.6 Å². The molecule has 0 radical (unpaired) electrons. The van der Waals surface area contributed by atoms with Gasteiger partial charge in [-0.3, -0.25) is 0 Å². The van der Waals surface area contributed by atoms with E-state index in [-0.39, 0.29) is 16.9 Å². The predicted molar refractivity (Wildman–Crippen MR) is 80.8 cm³/mol. The van der Waals surface area contributed by atoms with Gasteiger partial charge in [-0.25, -0.2) is 4.39 Å². The van der Waals surface area contributed by atoms with Crippen LogP contribution < -0.4 is 14.8 Å². The number of ether oxygens (including phenoxy) is 2. The van der Waals surface area contributed by atoms with Gasteiger partial charge >= 0.3 is 6.36 Å². The van der Waals surface area contributed by atoms with Crippen LogP contribution in [0.1, 0.15) is 0 Å². The highest BCUT2D eigenvalue weighted by atomic mass is 35.5. The number of hydrogen-bond donors (Lipinski definition) is 1. The van der Waals surface area contributed by atoms with E-state index in [1.54, 1.807) is 0 Å². The average Bonchev–Trinajstić information content (AvgIpc) is 2.41. The Bertz CT molecular complexity index is 727. The van der Waals surface area contributed by atoms with Crippen LogP contribution in [0.25, 0.3) is 11.1 Å². The van der Waals surface area contributed by atoms with Crippen LogP contribution in [0.4, 0.5) is 17.6 Å². The van der Waals surface area contributed by atoms with Crippen molar-refractivity contribution < 1.29 is 27.0 Å². The maximum Gasteiger partial charge on any atom is 0.573 e. The zero-order valence-corrected chi connectivity index (χ0v) is 12.9. The molecule has 3 rings (SSSR count). The minimum Gasteiger partial charge on any atom is -0.484 e. The summed E-state index contributed by atoms with van der Waals surface area (Å²) in [6.07, 6.45) is -5.08. The molecule has 24 heavy (non-hydrogen) atoms. The van der Waals surface area contributed by atoms with E-state index in [1.165, 1.54) is 24.3 Å². The summed E-state index contributed by atoms with van der Waals surface area (Å²) in [5, 5.41) is 3.10. The first kappa shape index (κ1) is 16.9. The summed E-state index contributed by atoms with van der Waals surface area (Å²) in [6.45, 7) is 1.10. The third kappa shape index (κ3) is 4.10. The Hall–Kier alpha value is -1.99. The van der Waals surface area contributed by atoms with Crippen molar-refractivity contribution in [2.24, 2.45) is 0 Å². The molecule has 1 saturated heterocycles. The summed E-state index contributed by atoms with van der Waals surface area (Å²) in [5.74, 6) is -1.09. The van der Waals surface area contributed by atoms with Gasteiger partial charge in [0, 0.05) is 18.1 Å². The Balaban J connectivity index is 1.97. The number of halogens is 5. The van der Waals surface area contributed by atoms with E-state index in [0.717, 1.165) is 12.1 Å². The van der Waals surface area contributed by atoms with Crippen molar-refractivity contribution in [3.8, 4) is 22.6 Å². The molecule has 1 heterocycles. The summed E-state index contributed by atoms with van der Waals surface area (Å²) in [5.41, 5.74) is 0.665. The van der Waals surface area contributed by atoms with Crippen molar-refractivity contribution in [1.82, 2.24) is 5.32 Å². The molecule has 0 atom stereocenters. The maximum atomic E-state index is 13.5. The fourth-order valence-corrected chi connectivity index (χ4v) is 2.46. The van der Waals surface area contributed by atoms with E-state index >= 15 is 0 Å². The largest absolute Gasteiger partial charge is 0.573 e. The smallest absolute Gasteiger partial charge is 0.484 e. The maximum absolute atomic E-state index is 13.5. The van der Waals surface area contributed by atoms with Gasteiger partial charge in [0.25, 0.3) is 0 Å². The van der Waals surface area contributed by atoms with Crippen molar-refractivity contribution in [3.63, 3.8) is 0 Å². The number of nitrogens with one attached hydrogen (secondary N) is 1. The van der Waals surface area contributed by atoms with Gasteiger partial charge in [0.2, 0.25) is 0 Å². The highest BCUT2D eigenvalue weighted by Gasteiger charge is 2.33. The zero-order valence-electron chi connectivity index (χ0n) is 12.2. The van der Waals surface area contributed by atoms with Gasteiger partial charge in [0.1, 0.15) is 11.9 Å². The number of benzene rings is 2. The lowest BCUT2D eigenvalue weighted by Crippen LogP contribution is -2.50. The van der Waals surface area contributed by atoms with Crippen LogP contribution in [0.3, 0.4) is 0 Å². The first-order chi connectivity index (χ1) is 11.3. The van der Waals surface area contributed by atoms with Gasteiger partial charge < -0.3 is 14.8 Å². The standard InChI is InChI=1S/C16H12ClF4NO2/c17-11-3-10(4-12(18)6-11)9-1-2-14(23-13-7-22-8-13)15(5-9)24-16(19,20)21/h1-6,13,22H,7-8H2. The Morgan fingerprint density at radius 2 is 1.75 bits per heavy atom. The van der Waals surface area contributed by atoms with Crippen molar-refractivity contribution in [2.75, 3.05) is 13.1 Å². The van der Waals surface area contributed by atoms with Gasteiger partial charge in [-0.15, -0.1) is 13.2 Å². The van der Waals surface area contributed by atoms with Crippen LogP contribution >= 0.6 is 11.6 Å². The molecule has 1 fully saturated rings. The first-order valence-corrected chi connectivity index (χ1v) is 7.41. The molecular weight excluding hydrogens is 350 g/mol. The fraction of sp³-hybridized carbons (Fsp3) is 0.250. The van der Waals surface area contributed by atoms with E-state index < -0.39 is 17.9 Å². The second-order valence-electron chi connectivity index (χ2n) is 5.27. The van der Waals surface area contributed by atoms with E-state index in [9.17, 15) is 17.6 Å². The Kier molecular flexibility index (Phi) is 4.56. The Morgan fingerprint density at radius 3 is 2.33 bits per heavy atom. The van der Waals surface area contributed by atoms with E-state index in [2.05, 4.69) is 10.1 Å². The summed E-state index contributed by atoms with van der Waals surface area (Å²) >= 11 is 5.79. The molecule has 0 aromatic heterocycles. The molecule has 3 nitrogen and oxygen atoms in total. The minimum absolute atomic E-state index is 0.0231. The van der Waals surface area contributed by atoms with Crippen molar-refractivity contribution in [3.05, 3.63) is 47.2 Å². The van der Waals surface area contributed by atoms with Crippen molar-refractivity contribution >= 4 is 11.6 Å². The first-order valence-electron chi connectivity index (χ1n) is 7.04. The van der Waals surface area contributed by atoms with Crippen molar-refractivity contribution in [2.45, 2.75) is 12.5 Å². The molecule has 0 saturated carbocycles. The molecule has 8 heteroatoms. The lowest BCUT2D eigenvalue weighted by atomic mass is 10.0. The molecule has 2 aromatic carbocycles. The molecule has 0 aliphatic carbocycles. The predicted octanol–water partition coefficient (Wildman–Crippen LogP) is 4.40. The van der Waals surface area contributed by atoms with E-state index in [0.29, 0.717) is 24.2 Å². The number of hydrogen-bond acceptors (Lipinski definition) is 3. The molecule has 1 aliphatic heterocycles. The van der Waals surface area contributed by atoms with Crippen LogP contribution in [0.15, 0.2) is 36.4 Å².